The van der Waals surface area contributed by atoms with E-state index in [2.05, 4.69) is 10.1 Å². The number of aromatic nitrogens is 4. The van der Waals surface area contributed by atoms with Gasteiger partial charge in [0.05, 0.1) is 13.2 Å². The zero-order valence-electron chi connectivity index (χ0n) is 14.7. The number of H-pyrrole nitrogens is 1. The summed E-state index contributed by atoms with van der Waals surface area (Å²) in [4.78, 5) is 21.6. The van der Waals surface area contributed by atoms with E-state index < -0.39 is 0 Å². The largest absolute Gasteiger partial charge is 0.394 e. The molecule has 0 radical (unpaired) electrons. The van der Waals surface area contributed by atoms with E-state index in [1.165, 1.54) is 0 Å². The Morgan fingerprint density at radius 1 is 1.23 bits per heavy atom. The number of nitrogens with one attached hydrogen (secondary N) is 1. The third kappa shape index (κ3) is 3.22. The Kier molecular flexibility index (Phi) is 4.71. The third-order valence-corrected chi connectivity index (χ3v) is 4.89. The number of fused-ring (bicyclic) bond motifs is 1. The van der Waals surface area contributed by atoms with Gasteiger partial charge >= 0.3 is 0 Å². The molecule has 0 bridgehead atoms. The lowest BCUT2D eigenvalue weighted by molar-refractivity contribution is -0.127. The van der Waals surface area contributed by atoms with Gasteiger partial charge in [-0.2, -0.15) is 5.10 Å². The zero-order chi connectivity index (χ0) is 17.9. The van der Waals surface area contributed by atoms with Crippen LogP contribution in [-0.4, -0.2) is 55.4 Å². The van der Waals surface area contributed by atoms with Gasteiger partial charge in [-0.05, 0) is 18.9 Å². The Morgan fingerprint density at radius 2 is 2.12 bits per heavy atom. The Balaban J connectivity index is 1.54. The molecular formula is C19H23N5O2. The van der Waals surface area contributed by atoms with E-state index in [0.717, 1.165) is 54.6 Å². The average molecular weight is 353 g/mol. The molecule has 4 rings (SSSR count). The third-order valence-electron chi connectivity index (χ3n) is 4.89. The van der Waals surface area contributed by atoms with Crippen molar-refractivity contribution in [1.82, 2.24) is 24.6 Å². The van der Waals surface area contributed by atoms with E-state index >= 15 is 0 Å². The number of nitrogens with zero attached hydrogens (tertiary/aromatic N) is 4. The first-order valence-electron chi connectivity index (χ1n) is 9.15. The first-order valence-corrected chi connectivity index (χ1v) is 9.15. The highest BCUT2D eigenvalue weighted by molar-refractivity contribution is 5.93. The van der Waals surface area contributed by atoms with E-state index in [1.54, 1.807) is 4.68 Å². The van der Waals surface area contributed by atoms with Gasteiger partial charge in [0.1, 0.15) is 5.82 Å². The number of benzene rings is 1. The molecule has 1 amide bonds. The smallest absolute Gasteiger partial charge is 0.222 e. The van der Waals surface area contributed by atoms with Crippen LogP contribution in [0.2, 0.25) is 0 Å². The zero-order valence-corrected chi connectivity index (χ0v) is 14.7. The van der Waals surface area contributed by atoms with Crippen LogP contribution in [-0.2, 0) is 17.8 Å². The molecule has 7 nitrogen and oxygen atoms in total. The van der Waals surface area contributed by atoms with Crippen LogP contribution in [0.3, 0.4) is 0 Å². The van der Waals surface area contributed by atoms with Crippen molar-refractivity contribution in [3.63, 3.8) is 0 Å². The SMILES string of the molecule is O=C1CCCN1CCCc1nc(-c2c[nH]c3ccccc23)nn1CCO. The second-order valence-electron chi connectivity index (χ2n) is 6.63. The number of rotatable bonds is 7. The highest BCUT2D eigenvalue weighted by Crippen LogP contribution is 2.26. The molecule has 0 saturated carbocycles. The Morgan fingerprint density at radius 3 is 2.92 bits per heavy atom. The summed E-state index contributed by atoms with van der Waals surface area (Å²) in [6.45, 7) is 2.07. The summed E-state index contributed by atoms with van der Waals surface area (Å²) in [5.74, 6) is 1.77. The van der Waals surface area contributed by atoms with Crippen LogP contribution < -0.4 is 0 Å². The van der Waals surface area contributed by atoms with Crippen LogP contribution in [0.5, 0.6) is 0 Å². The molecule has 136 valence electrons. The molecule has 0 atom stereocenters. The van der Waals surface area contributed by atoms with E-state index in [1.807, 2.05) is 35.4 Å². The molecule has 1 aromatic carbocycles. The lowest BCUT2D eigenvalue weighted by Crippen LogP contribution is -2.26. The van der Waals surface area contributed by atoms with Crippen LogP contribution in [0.4, 0.5) is 0 Å². The Hall–Kier alpha value is -2.67. The predicted octanol–water partition coefficient (Wildman–Crippen LogP) is 1.97. The molecule has 1 aliphatic heterocycles. The second-order valence-corrected chi connectivity index (χ2v) is 6.63. The van der Waals surface area contributed by atoms with Crippen molar-refractivity contribution in [2.24, 2.45) is 0 Å². The molecule has 2 aromatic heterocycles. The summed E-state index contributed by atoms with van der Waals surface area (Å²) in [6.07, 6.45) is 5.15. The van der Waals surface area contributed by atoms with Crippen molar-refractivity contribution in [1.29, 1.82) is 0 Å². The minimum absolute atomic E-state index is 0.0221. The summed E-state index contributed by atoms with van der Waals surface area (Å²) in [7, 11) is 0. The normalized spacial score (nSPS) is 14.7. The molecule has 3 aromatic rings. The topological polar surface area (TPSA) is 87.0 Å². The fourth-order valence-corrected chi connectivity index (χ4v) is 3.57. The molecular weight excluding hydrogens is 330 g/mol. The van der Waals surface area contributed by atoms with Crippen molar-refractivity contribution in [2.45, 2.75) is 32.2 Å². The standard InChI is InChI=1S/C19H23N5O2/c25-12-11-24-17(7-3-9-23-10-4-8-18(23)26)21-19(22-24)15-13-20-16-6-2-1-5-14(15)16/h1-2,5-6,13,20,25H,3-4,7-12H2. The number of hydrogen-bond donors (Lipinski definition) is 2. The molecule has 26 heavy (non-hydrogen) atoms. The molecule has 0 spiro atoms. The number of aromatic amines is 1. The van der Waals surface area contributed by atoms with Gasteiger partial charge in [-0.3, -0.25) is 4.79 Å². The van der Waals surface area contributed by atoms with Crippen molar-refractivity contribution in [3.05, 3.63) is 36.3 Å². The van der Waals surface area contributed by atoms with Crippen molar-refractivity contribution in [2.75, 3.05) is 19.7 Å². The Labute approximate surface area is 151 Å². The highest BCUT2D eigenvalue weighted by atomic mass is 16.3. The summed E-state index contributed by atoms with van der Waals surface area (Å²) in [6, 6.07) is 8.06. The van der Waals surface area contributed by atoms with E-state index in [4.69, 9.17) is 4.98 Å². The van der Waals surface area contributed by atoms with E-state index in [-0.39, 0.29) is 12.5 Å². The second kappa shape index (κ2) is 7.29. The molecule has 0 unspecified atom stereocenters. The molecule has 0 aliphatic carbocycles. The minimum Gasteiger partial charge on any atom is -0.394 e. The van der Waals surface area contributed by atoms with Gasteiger partial charge in [-0.25, -0.2) is 9.67 Å². The molecule has 1 fully saturated rings. The van der Waals surface area contributed by atoms with Crippen LogP contribution in [0.15, 0.2) is 30.5 Å². The van der Waals surface area contributed by atoms with E-state index in [0.29, 0.717) is 18.8 Å². The van der Waals surface area contributed by atoms with Crippen molar-refractivity contribution >= 4 is 16.8 Å². The molecule has 7 heteroatoms. The average Bonchev–Trinajstić information content (AvgIpc) is 3.35. The predicted molar refractivity (Wildman–Crippen MR) is 98.5 cm³/mol. The molecule has 1 aliphatic rings. The highest BCUT2D eigenvalue weighted by Gasteiger charge is 2.20. The lowest BCUT2D eigenvalue weighted by Gasteiger charge is -2.14. The fraction of sp³-hybridized carbons (Fsp3) is 0.421. The van der Waals surface area contributed by atoms with Crippen LogP contribution in [0, 0.1) is 0 Å². The van der Waals surface area contributed by atoms with Gasteiger partial charge in [-0.1, -0.05) is 18.2 Å². The quantitative estimate of drug-likeness (QED) is 0.680. The van der Waals surface area contributed by atoms with Gasteiger partial charge in [0.15, 0.2) is 5.82 Å². The minimum atomic E-state index is 0.0221. The summed E-state index contributed by atoms with van der Waals surface area (Å²) in [5.41, 5.74) is 2.02. The molecule has 2 N–H and O–H groups in total. The summed E-state index contributed by atoms with van der Waals surface area (Å²) in [5, 5.41) is 15.0. The van der Waals surface area contributed by atoms with Gasteiger partial charge in [0.2, 0.25) is 5.91 Å². The first-order chi connectivity index (χ1) is 12.8. The lowest BCUT2D eigenvalue weighted by atomic mass is 10.2. The van der Waals surface area contributed by atoms with Gasteiger partial charge in [0, 0.05) is 48.6 Å². The first kappa shape index (κ1) is 16.8. The number of para-hydroxylation sites is 1. The maximum absolute atomic E-state index is 11.7. The maximum Gasteiger partial charge on any atom is 0.222 e. The summed E-state index contributed by atoms with van der Waals surface area (Å²) < 4.78 is 1.78. The number of aliphatic hydroxyl groups excluding tert-OH is 1. The van der Waals surface area contributed by atoms with Crippen LogP contribution >= 0.6 is 0 Å². The van der Waals surface area contributed by atoms with Crippen LogP contribution in [0.1, 0.15) is 25.1 Å². The number of amides is 1. The van der Waals surface area contributed by atoms with Crippen LogP contribution in [0.25, 0.3) is 22.3 Å². The fourth-order valence-electron chi connectivity index (χ4n) is 3.57. The van der Waals surface area contributed by atoms with Gasteiger partial charge in [-0.15, -0.1) is 0 Å². The summed E-state index contributed by atoms with van der Waals surface area (Å²) >= 11 is 0. The van der Waals surface area contributed by atoms with Gasteiger partial charge in [0.25, 0.3) is 0 Å². The van der Waals surface area contributed by atoms with E-state index in [9.17, 15) is 9.90 Å². The molecule has 1 saturated heterocycles. The maximum atomic E-state index is 11.7. The molecule has 3 heterocycles. The van der Waals surface area contributed by atoms with Gasteiger partial charge < -0.3 is 15.0 Å². The Bertz CT molecular complexity index is 914. The van der Waals surface area contributed by atoms with Crippen molar-refractivity contribution in [3.8, 4) is 11.4 Å². The number of aryl methyl sites for hydroxylation is 1. The van der Waals surface area contributed by atoms with Crippen molar-refractivity contribution < 1.29 is 9.90 Å². The number of carbonyl (C=O) groups excluding carboxylic acids is 1. The number of hydrogen-bond acceptors (Lipinski definition) is 4. The number of likely N-dealkylation sites (tertiary alicyclic amines) is 1. The monoisotopic (exact) mass is 353 g/mol. The number of carbonyl (C=O) groups is 1. The number of aliphatic hydroxyl groups is 1.